The highest BCUT2D eigenvalue weighted by molar-refractivity contribution is 5.78. The standard InChI is InChI=1S/C14H11F3N4/c1-8-5-12(18)20-13-11(7-19-21(8)13)9-3-2-4-10(6-9)14(15,16)17/h2-7H,1H3,(H2,18,20). The van der Waals surface area contributed by atoms with Crippen LogP contribution >= 0.6 is 0 Å². The average molecular weight is 292 g/mol. The van der Waals surface area contributed by atoms with Gasteiger partial charge in [0.2, 0.25) is 0 Å². The third-order valence-corrected chi connectivity index (χ3v) is 3.17. The first-order valence-electron chi connectivity index (χ1n) is 6.15. The highest BCUT2D eigenvalue weighted by atomic mass is 19.4. The Morgan fingerprint density at radius 2 is 1.95 bits per heavy atom. The van der Waals surface area contributed by atoms with Gasteiger partial charge in [0, 0.05) is 17.3 Å². The molecule has 1 aromatic carbocycles. The molecule has 3 aromatic rings. The molecular weight excluding hydrogens is 281 g/mol. The SMILES string of the molecule is Cc1cc(N)nc2c(-c3cccc(C(F)(F)F)c3)cnn12. The molecule has 2 heterocycles. The third-order valence-electron chi connectivity index (χ3n) is 3.17. The van der Waals surface area contributed by atoms with E-state index >= 15 is 0 Å². The smallest absolute Gasteiger partial charge is 0.384 e. The highest BCUT2D eigenvalue weighted by Crippen LogP contribution is 2.33. The maximum Gasteiger partial charge on any atom is 0.416 e. The quantitative estimate of drug-likeness (QED) is 0.748. The Morgan fingerprint density at radius 1 is 1.19 bits per heavy atom. The van der Waals surface area contributed by atoms with Crippen LogP contribution in [-0.2, 0) is 6.18 Å². The van der Waals surface area contributed by atoms with Crippen molar-refractivity contribution in [3.63, 3.8) is 0 Å². The van der Waals surface area contributed by atoms with E-state index in [1.165, 1.54) is 12.3 Å². The number of nitrogens with two attached hydrogens (primary N) is 1. The van der Waals surface area contributed by atoms with Crippen molar-refractivity contribution in [2.45, 2.75) is 13.1 Å². The molecule has 0 aliphatic heterocycles. The molecule has 0 unspecified atom stereocenters. The summed E-state index contributed by atoms with van der Waals surface area (Å²) in [4.78, 5) is 4.16. The number of hydrogen-bond donors (Lipinski definition) is 1. The minimum Gasteiger partial charge on any atom is -0.384 e. The van der Waals surface area contributed by atoms with E-state index in [-0.39, 0.29) is 0 Å². The first-order valence-corrected chi connectivity index (χ1v) is 6.15. The molecule has 7 heteroatoms. The van der Waals surface area contributed by atoms with Crippen LogP contribution in [0.3, 0.4) is 0 Å². The minimum atomic E-state index is -4.39. The number of alkyl halides is 3. The van der Waals surface area contributed by atoms with Crippen molar-refractivity contribution in [3.8, 4) is 11.1 Å². The highest BCUT2D eigenvalue weighted by Gasteiger charge is 2.30. The number of anilines is 1. The van der Waals surface area contributed by atoms with Gasteiger partial charge in [-0.05, 0) is 24.6 Å². The van der Waals surface area contributed by atoms with Gasteiger partial charge in [0.1, 0.15) is 5.82 Å². The minimum absolute atomic E-state index is 0.300. The van der Waals surface area contributed by atoms with Gasteiger partial charge in [-0.3, -0.25) is 0 Å². The van der Waals surface area contributed by atoms with Gasteiger partial charge < -0.3 is 5.73 Å². The summed E-state index contributed by atoms with van der Waals surface area (Å²) in [5.41, 5.74) is 7.10. The number of aromatic nitrogens is 3. The van der Waals surface area contributed by atoms with Crippen molar-refractivity contribution >= 4 is 11.5 Å². The number of nitrogen functional groups attached to an aromatic ring is 1. The van der Waals surface area contributed by atoms with E-state index in [2.05, 4.69) is 10.1 Å². The molecule has 0 aliphatic rings. The molecule has 0 amide bonds. The topological polar surface area (TPSA) is 56.2 Å². The number of nitrogens with zero attached hydrogens (tertiary/aromatic N) is 3. The molecule has 0 radical (unpaired) electrons. The molecule has 2 N–H and O–H groups in total. The van der Waals surface area contributed by atoms with Crippen LogP contribution in [0.5, 0.6) is 0 Å². The van der Waals surface area contributed by atoms with E-state index in [1.807, 2.05) is 0 Å². The van der Waals surface area contributed by atoms with Crippen molar-refractivity contribution in [3.05, 3.63) is 47.8 Å². The molecule has 2 aromatic heterocycles. The van der Waals surface area contributed by atoms with Crippen molar-refractivity contribution in [1.29, 1.82) is 0 Å². The summed E-state index contributed by atoms with van der Waals surface area (Å²) < 4.78 is 39.9. The summed E-state index contributed by atoms with van der Waals surface area (Å²) >= 11 is 0. The number of hydrogen-bond acceptors (Lipinski definition) is 3. The lowest BCUT2D eigenvalue weighted by atomic mass is 10.1. The van der Waals surface area contributed by atoms with Gasteiger partial charge in [-0.1, -0.05) is 12.1 Å². The molecule has 0 saturated heterocycles. The van der Waals surface area contributed by atoms with Crippen molar-refractivity contribution in [1.82, 2.24) is 14.6 Å². The van der Waals surface area contributed by atoms with E-state index in [1.54, 1.807) is 23.6 Å². The van der Waals surface area contributed by atoms with E-state index in [9.17, 15) is 13.2 Å². The van der Waals surface area contributed by atoms with Gasteiger partial charge in [0.25, 0.3) is 0 Å². The second-order valence-corrected chi connectivity index (χ2v) is 4.69. The molecular formula is C14H11F3N4. The fraction of sp³-hybridized carbons (Fsp3) is 0.143. The van der Waals surface area contributed by atoms with Gasteiger partial charge in [0.05, 0.1) is 11.8 Å². The number of benzene rings is 1. The molecule has 0 atom stereocenters. The lowest BCUT2D eigenvalue weighted by Gasteiger charge is -2.08. The zero-order valence-electron chi connectivity index (χ0n) is 11.0. The Morgan fingerprint density at radius 3 is 2.67 bits per heavy atom. The van der Waals surface area contributed by atoms with Crippen LogP contribution in [0, 0.1) is 6.92 Å². The van der Waals surface area contributed by atoms with Crippen molar-refractivity contribution < 1.29 is 13.2 Å². The third kappa shape index (κ3) is 2.31. The van der Waals surface area contributed by atoms with Gasteiger partial charge in [0.15, 0.2) is 5.65 Å². The Hall–Kier alpha value is -2.57. The van der Waals surface area contributed by atoms with Crippen LogP contribution in [0.1, 0.15) is 11.3 Å². The molecule has 0 saturated carbocycles. The van der Waals surface area contributed by atoms with Gasteiger partial charge in [-0.25, -0.2) is 9.50 Å². The lowest BCUT2D eigenvalue weighted by Crippen LogP contribution is -2.04. The fourth-order valence-corrected chi connectivity index (χ4v) is 2.20. The van der Waals surface area contributed by atoms with E-state index < -0.39 is 11.7 Å². The summed E-state index contributed by atoms with van der Waals surface area (Å²) in [5.74, 6) is 0.300. The van der Waals surface area contributed by atoms with Crippen LogP contribution in [-0.4, -0.2) is 14.6 Å². The summed E-state index contributed by atoms with van der Waals surface area (Å²) in [5, 5.41) is 4.14. The van der Waals surface area contributed by atoms with Crippen molar-refractivity contribution in [2.24, 2.45) is 0 Å². The molecule has 21 heavy (non-hydrogen) atoms. The van der Waals surface area contributed by atoms with Crippen molar-refractivity contribution in [2.75, 3.05) is 5.73 Å². The fourth-order valence-electron chi connectivity index (χ4n) is 2.20. The van der Waals surface area contributed by atoms with Crippen LogP contribution in [0.4, 0.5) is 19.0 Å². The largest absolute Gasteiger partial charge is 0.416 e. The zero-order chi connectivity index (χ0) is 15.2. The average Bonchev–Trinajstić information content (AvgIpc) is 2.82. The first-order chi connectivity index (χ1) is 9.86. The second kappa shape index (κ2) is 4.47. The second-order valence-electron chi connectivity index (χ2n) is 4.69. The number of rotatable bonds is 1. The Kier molecular flexibility index (Phi) is 2.86. The zero-order valence-corrected chi connectivity index (χ0v) is 11.0. The predicted molar refractivity (Wildman–Crippen MR) is 72.6 cm³/mol. The maximum atomic E-state index is 12.8. The summed E-state index contributed by atoms with van der Waals surface area (Å²) in [6.07, 6.45) is -2.90. The molecule has 0 bridgehead atoms. The molecule has 4 nitrogen and oxygen atoms in total. The van der Waals surface area contributed by atoms with Crippen LogP contribution in [0.2, 0.25) is 0 Å². The molecule has 0 spiro atoms. The molecule has 108 valence electrons. The monoisotopic (exact) mass is 292 g/mol. The predicted octanol–water partition coefficient (Wildman–Crippen LogP) is 3.31. The van der Waals surface area contributed by atoms with Gasteiger partial charge >= 0.3 is 6.18 Å². The Labute approximate surface area is 118 Å². The Balaban J connectivity index is 2.22. The summed E-state index contributed by atoms with van der Waals surface area (Å²) in [7, 11) is 0. The molecule has 0 aliphatic carbocycles. The van der Waals surface area contributed by atoms with E-state index in [0.29, 0.717) is 22.6 Å². The summed E-state index contributed by atoms with van der Waals surface area (Å²) in [6.45, 7) is 1.80. The molecule has 0 fully saturated rings. The summed E-state index contributed by atoms with van der Waals surface area (Å²) in [6, 6.07) is 6.71. The maximum absolute atomic E-state index is 12.8. The number of halogens is 3. The number of fused-ring (bicyclic) bond motifs is 1. The van der Waals surface area contributed by atoms with E-state index in [0.717, 1.165) is 17.8 Å². The Bertz CT molecular complexity index is 821. The van der Waals surface area contributed by atoms with E-state index in [4.69, 9.17) is 5.73 Å². The first kappa shape index (κ1) is 13.4. The van der Waals surface area contributed by atoms with Crippen LogP contribution in [0.25, 0.3) is 16.8 Å². The van der Waals surface area contributed by atoms with Gasteiger partial charge in [-0.15, -0.1) is 0 Å². The lowest BCUT2D eigenvalue weighted by molar-refractivity contribution is -0.137. The van der Waals surface area contributed by atoms with Crippen LogP contribution in [0.15, 0.2) is 36.5 Å². The normalized spacial score (nSPS) is 12.0. The van der Waals surface area contributed by atoms with Gasteiger partial charge in [-0.2, -0.15) is 18.3 Å². The number of aryl methyl sites for hydroxylation is 1. The molecule has 3 rings (SSSR count). The van der Waals surface area contributed by atoms with Crippen LogP contribution < -0.4 is 5.73 Å².